The van der Waals surface area contributed by atoms with E-state index in [9.17, 15) is 14.7 Å². The molecule has 0 saturated heterocycles. The van der Waals surface area contributed by atoms with Crippen molar-refractivity contribution in [1.29, 1.82) is 0 Å². The van der Waals surface area contributed by atoms with Gasteiger partial charge in [-0.1, -0.05) is 48.0 Å². The number of hydrogen-bond acceptors (Lipinski definition) is 5. The summed E-state index contributed by atoms with van der Waals surface area (Å²) in [5, 5.41) is 11.2. The van der Waals surface area contributed by atoms with Crippen molar-refractivity contribution in [3.63, 3.8) is 0 Å². The number of aromatic nitrogens is 1. The zero-order valence-corrected chi connectivity index (χ0v) is 17.2. The van der Waals surface area contributed by atoms with Crippen LogP contribution >= 0.6 is 15.9 Å². The number of para-hydroxylation sites is 1. The number of pyridine rings is 1. The number of rotatable bonds is 6. The van der Waals surface area contributed by atoms with E-state index in [2.05, 4.69) is 20.9 Å². The Balaban J connectivity index is 2.06. The number of carbonyl (C=O) groups is 2. The highest BCUT2D eigenvalue weighted by Gasteiger charge is 2.21. The van der Waals surface area contributed by atoms with E-state index in [1.54, 1.807) is 6.92 Å². The van der Waals surface area contributed by atoms with E-state index < -0.39 is 11.8 Å². The number of ketones is 1. The molecule has 0 aliphatic heterocycles. The number of aryl methyl sites for hydroxylation is 1. The lowest BCUT2D eigenvalue weighted by Gasteiger charge is -2.12. The van der Waals surface area contributed by atoms with Crippen molar-refractivity contribution in [3.05, 3.63) is 58.2 Å². The van der Waals surface area contributed by atoms with E-state index in [1.165, 1.54) is 0 Å². The Labute approximate surface area is 171 Å². The number of fused-ring (bicyclic) bond motifs is 1. The number of benzene rings is 2. The summed E-state index contributed by atoms with van der Waals surface area (Å²) < 4.78 is 5.26. The van der Waals surface area contributed by atoms with Gasteiger partial charge in [-0.15, -0.1) is 0 Å². The summed E-state index contributed by atoms with van der Waals surface area (Å²) in [7, 11) is 0. The molecule has 1 heterocycles. The predicted molar refractivity (Wildman–Crippen MR) is 111 cm³/mol. The molecule has 0 saturated carbocycles. The fraction of sp³-hybridized carbons (Fsp3) is 0.227. The Kier molecular flexibility index (Phi) is 6.09. The first kappa shape index (κ1) is 20.0. The van der Waals surface area contributed by atoms with Crippen LogP contribution in [0.5, 0.6) is 5.75 Å². The molecular formula is C22H20BrNO4. The Bertz CT molecular complexity index is 1040. The molecule has 0 radical (unpaired) electrons. The van der Waals surface area contributed by atoms with Gasteiger partial charge in [0.25, 0.3) is 0 Å². The van der Waals surface area contributed by atoms with Gasteiger partial charge >= 0.3 is 5.97 Å². The molecule has 1 N–H and O–H groups in total. The largest absolute Gasteiger partial charge is 0.504 e. The highest BCUT2D eigenvalue weighted by molar-refractivity contribution is 9.10. The number of halogens is 1. The minimum atomic E-state index is -0.449. The molecule has 0 spiro atoms. The highest BCUT2D eigenvalue weighted by Crippen LogP contribution is 2.38. The van der Waals surface area contributed by atoms with E-state index in [0.29, 0.717) is 15.4 Å². The SMILES string of the molecule is CCOC(=O)CCC(=O)c1nc2c(-c3ccc(C)cc3)cccc2c(Br)c1O. The average molecular weight is 442 g/mol. The number of Topliss-reactive ketones (excluding diaryl/α,β-unsaturated/α-hetero) is 1. The molecule has 5 nitrogen and oxygen atoms in total. The molecule has 3 rings (SSSR count). The first-order valence-corrected chi connectivity index (χ1v) is 9.78. The molecule has 0 amide bonds. The van der Waals surface area contributed by atoms with Crippen molar-refractivity contribution >= 4 is 38.6 Å². The van der Waals surface area contributed by atoms with Crippen LogP contribution in [-0.2, 0) is 9.53 Å². The molecule has 0 aliphatic rings. The molecule has 0 fully saturated rings. The third-order valence-electron chi connectivity index (χ3n) is 4.42. The summed E-state index contributed by atoms with van der Waals surface area (Å²) in [6, 6.07) is 13.6. The van der Waals surface area contributed by atoms with Crippen LogP contribution in [0.3, 0.4) is 0 Å². The molecule has 3 aromatic rings. The minimum Gasteiger partial charge on any atom is -0.504 e. The summed E-state index contributed by atoms with van der Waals surface area (Å²) in [5.41, 5.74) is 3.52. The summed E-state index contributed by atoms with van der Waals surface area (Å²) >= 11 is 3.39. The zero-order valence-electron chi connectivity index (χ0n) is 15.7. The van der Waals surface area contributed by atoms with Gasteiger partial charge in [-0.2, -0.15) is 0 Å². The lowest BCUT2D eigenvalue weighted by Crippen LogP contribution is -2.09. The highest BCUT2D eigenvalue weighted by atomic mass is 79.9. The summed E-state index contributed by atoms with van der Waals surface area (Å²) in [6.45, 7) is 3.98. The maximum absolute atomic E-state index is 12.6. The van der Waals surface area contributed by atoms with E-state index >= 15 is 0 Å². The number of aromatic hydroxyl groups is 1. The normalized spacial score (nSPS) is 10.8. The van der Waals surface area contributed by atoms with Crippen molar-refractivity contribution in [3.8, 4) is 16.9 Å². The van der Waals surface area contributed by atoms with Gasteiger partial charge in [-0.05, 0) is 35.3 Å². The molecule has 0 aliphatic carbocycles. The minimum absolute atomic E-state index is 0.0525. The average Bonchev–Trinajstić information content (AvgIpc) is 2.69. The van der Waals surface area contributed by atoms with Crippen molar-refractivity contribution in [2.75, 3.05) is 6.61 Å². The Morgan fingerprint density at radius 1 is 1.11 bits per heavy atom. The Hall–Kier alpha value is -2.73. The number of ether oxygens (including phenoxy) is 1. The van der Waals surface area contributed by atoms with E-state index in [0.717, 1.165) is 16.7 Å². The molecule has 1 aromatic heterocycles. The smallest absolute Gasteiger partial charge is 0.306 e. The van der Waals surface area contributed by atoms with Crippen LogP contribution in [0.25, 0.3) is 22.0 Å². The van der Waals surface area contributed by atoms with Crippen molar-refractivity contribution in [2.45, 2.75) is 26.7 Å². The van der Waals surface area contributed by atoms with Crippen molar-refractivity contribution in [1.82, 2.24) is 4.98 Å². The summed E-state index contributed by atoms with van der Waals surface area (Å²) in [6.07, 6.45) is -0.132. The second-order valence-electron chi connectivity index (χ2n) is 6.42. The van der Waals surface area contributed by atoms with E-state index in [4.69, 9.17) is 4.74 Å². The first-order chi connectivity index (χ1) is 13.4. The standard InChI is InChI=1S/C22H20BrNO4/c1-3-28-18(26)12-11-17(25)21-22(27)19(23)16-6-4-5-15(20(16)24-21)14-9-7-13(2)8-10-14/h4-10,27H,3,11-12H2,1-2H3. The van der Waals surface area contributed by atoms with Gasteiger partial charge in [-0.25, -0.2) is 4.98 Å². The quantitative estimate of drug-likeness (QED) is 0.419. The van der Waals surface area contributed by atoms with Crippen LogP contribution in [0, 0.1) is 6.92 Å². The van der Waals surface area contributed by atoms with Gasteiger partial charge in [-0.3, -0.25) is 9.59 Å². The molecule has 0 atom stereocenters. The molecule has 28 heavy (non-hydrogen) atoms. The topological polar surface area (TPSA) is 76.5 Å². The zero-order chi connectivity index (χ0) is 20.3. The van der Waals surface area contributed by atoms with Gasteiger partial charge in [0.1, 0.15) is 5.69 Å². The van der Waals surface area contributed by atoms with Crippen molar-refractivity contribution in [2.24, 2.45) is 0 Å². The first-order valence-electron chi connectivity index (χ1n) is 8.99. The van der Waals surface area contributed by atoms with Crippen LogP contribution in [0.1, 0.15) is 35.8 Å². The lowest BCUT2D eigenvalue weighted by molar-refractivity contribution is -0.143. The van der Waals surface area contributed by atoms with Crippen LogP contribution in [0.2, 0.25) is 0 Å². The third kappa shape index (κ3) is 4.07. The second-order valence-corrected chi connectivity index (χ2v) is 7.21. The van der Waals surface area contributed by atoms with Crippen LogP contribution in [0.4, 0.5) is 0 Å². The fourth-order valence-electron chi connectivity index (χ4n) is 2.96. The Morgan fingerprint density at radius 2 is 1.82 bits per heavy atom. The van der Waals surface area contributed by atoms with Gasteiger partial charge in [0.15, 0.2) is 11.5 Å². The third-order valence-corrected chi connectivity index (χ3v) is 5.22. The van der Waals surface area contributed by atoms with Crippen LogP contribution < -0.4 is 0 Å². The van der Waals surface area contributed by atoms with Crippen LogP contribution in [0.15, 0.2) is 46.9 Å². The maximum atomic E-state index is 12.6. The predicted octanol–water partition coefficient (Wildman–Crippen LogP) is 5.20. The lowest BCUT2D eigenvalue weighted by atomic mass is 10.00. The molecule has 144 valence electrons. The molecule has 6 heteroatoms. The van der Waals surface area contributed by atoms with E-state index in [1.807, 2.05) is 49.4 Å². The summed E-state index contributed by atoms with van der Waals surface area (Å²) in [4.78, 5) is 28.6. The second kappa shape index (κ2) is 8.52. The van der Waals surface area contributed by atoms with Gasteiger partial charge < -0.3 is 9.84 Å². The van der Waals surface area contributed by atoms with Gasteiger partial charge in [0.05, 0.1) is 23.0 Å². The maximum Gasteiger partial charge on any atom is 0.306 e. The van der Waals surface area contributed by atoms with Crippen LogP contribution in [-0.4, -0.2) is 28.4 Å². The number of hydrogen-bond donors (Lipinski definition) is 1. The molecular weight excluding hydrogens is 422 g/mol. The summed E-state index contributed by atoms with van der Waals surface area (Å²) in [5.74, 6) is -1.08. The number of nitrogens with zero attached hydrogens (tertiary/aromatic N) is 1. The van der Waals surface area contributed by atoms with E-state index in [-0.39, 0.29) is 30.9 Å². The monoisotopic (exact) mass is 441 g/mol. The molecule has 0 unspecified atom stereocenters. The number of carbonyl (C=O) groups excluding carboxylic acids is 2. The number of esters is 1. The Morgan fingerprint density at radius 3 is 2.50 bits per heavy atom. The fourth-order valence-corrected chi connectivity index (χ4v) is 3.47. The van der Waals surface area contributed by atoms with Gasteiger partial charge in [0.2, 0.25) is 0 Å². The van der Waals surface area contributed by atoms with Crippen molar-refractivity contribution < 1.29 is 19.4 Å². The molecule has 0 bridgehead atoms. The molecule has 2 aromatic carbocycles. The van der Waals surface area contributed by atoms with Gasteiger partial charge in [0, 0.05) is 17.4 Å².